The van der Waals surface area contributed by atoms with E-state index in [4.69, 9.17) is 23.8 Å². The number of halogens is 1. The maximum Gasteiger partial charge on any atom is 0.197 e. The summed E-state index contributed by atoms with van der Waals surface area (Å²) in [5, 5.41) is 0.700. The minimum absolute atomic E-state index is 0.491. The molecule has 0 unspecified atom stereocenters. The van der Waals surface area contributed by atoms with Crippen LogP contribution in [0.15, 0.2) is 30.3 Å². The maximum absolute atomic E-state index is 5.91. The minimum Gasteiger partial charge on any atom is -0.335 e. The van der Waals surface area contributed by atoms with Crippen LogP contribution in [0.3, 0.4) is 0 Å². The van der Waals surface area contributed by atoms with Gasteiger partial charge in [0, 0.05) is 16.3 Å². The predicted octanol–water partition coefficient (Wildman–Crippen LogP) is 3.77. The van der Waals surface area contributed by atoms with Gasteiger partial charge in [-0.2, -0.15) is 0 Å². The van der Waals surface area contributed by atoms with Crippen molar-refractivity contribution in [1.82, 2.24) is 9.97 Å². The van der Waals surface area contributed by atoms with Crippen molar-refractivity contribution in [3.63, 3.8) is 0 Å². The molecule has 2 rings (SSSR count). The van der Waals surface area contributed by atoms with Crippen molar-refractivity contribution in [2.75, 3.05) is 0 Å². The largest absolute Gasteiger partial charge is 0.335 e. The van der Waals surface area contributed by atoms with Crippen LogP contribution < -0.4 is 0 Å². The van der Waals surface area contributed by atoms with Crippen LogP contribution in [0.1, 0.15) is 5.69 Å². The Morgan fingerprint density at radius 2 is 2.13 bits per heavy atom. The topological polar surface area (TPSA) is 28.7 Å². The summed E-state index contributed by atoms with van der Waals surface area (Å²) in [6, 6.07) is 9.51. The number of rotatable bonds is 1. The number of hydrogen-bond donors (Lipinski definition) is 1. The number of aromatic amines is 1. The van der Waals surface area contributed by atoms with E-state index in [1.165, 1.54) is 0 Å². The van der Waals surface area contributed by atoms with Crippen LogP contribution in [0.25, 0.3) is 11.3 Å². The van der Waals surface area contributed by atoms with Gasteiger partial charge in [0.05, 0.1) is 5.69 Å². The first-order valence-electron chi connectivity index (χ1n) is 4.49. The number of H-pyrrole nitrogens is 1. The average Bonchev–Trinajstić information content (AvgIpc) is 2.16. The molecule has 0 spiro atoms. The standard InChI is InChI=1S/C11H9ClN2S/c1-7-5-10(14-11(15)13-7)8-3-2-4-9(12)6-8/h2-6H,1H3,(H,13,14,15). The van der Waals surface area contributed by atoms with E-state index in [1.54, 1.807) is 0 Å². The number of nitrogens with one attached hydrogen (secondary N) is 1. The monoisotopic (exact) mass is 236 g/mol. The molecule has 0 saturated carbocycles. The van der Waals surface area contributed by atoms with E-state index in [9.17, 15) is 0 Å². The summed E-state index contributed by atoms with van der Waals surface area (Å²) in [4.78, 5) is 7.21. The van der Waals surface area contributed by atoms with Gasteiger partial charge in [-0.05, 0) is 37.3 Å². The lowest BCUT2D eigenvalue weighted by molar-refractivity contribution is 1.08. The van der Waals surface area contributed by atoms with Gasteiger partial charge in [-0.3, -0.25) is 0 Å². The van der Waals surface area contributed by atoms with Gasteiger partial charge in [0.15, 0.2) is 4.77 Å². The molecule has 76 valence electrons. The molecule has 4 heteroatoms. The van der Waals surface area contributed by atoms with Gasteiger partial charge in [-0.1, -0.05) is 23.7 Å². The Morgan fingerprint density at radius 1 is 1.33 bits per heavy atom. The molecule has 1 aromatic carbocycles. The molecule has 0 aliphatic carbocycles. The van der Waals surface area contributed by atoms with Crippen LogP contribution in [0, 0.1) is 11.7 Å². The van der Waals surface area contributed by atoms with Gasteiger partial charge < -0.3 is 4.98 Å². The third-order valence-electron chi connectivity index (χ3n) is 2.00. The average molecular weight is 237 g/mol. The Hall–Kier alpha value is -1.19. The third-order valence-corrected chi connectivity index (χ3v) is 2.43. The Balaban J connectivity index is 2.59. The van der Waals surface area contributed by atoms with E-state index in [2.05, 4.69) is 9.97 Å². The zero-order chi connectivity index (χ0) is 10.8. The van der Waals surface area contributed by atoms with Crippen molar-refractivity contribution < 1.29 is 0 Å². The molecule has 15 heavy (non-hydrogen) atoms. The van der Waals surface area contributed by atoms with Crippen LogP contribution >= 0.6 is 23.8 Å². The molecule has 0 aliphatic rings. The lowest BCUT2D eigenvalue weighted by atomic mass is 10.1. The molecule has 0 bridgehead atoms. The summed E-state index contributed by atoms with van der Waals surface area (Å²) in [6.45, 7) is 1.95. The molecule has 0 aliphatic heterocycles. The highest BCUT2D eigenvalue weighted by atomic mass is 35.5. The van der Waals surface area contributed by atoms with E-state index in [0.29, 0.717) is 9.79 Å². The second-order valence-electron chi connectivity index (χ2n) is 3.26. The highest BCUT2D eigenvalue weighted by Crippen LogP contribution is 2.20. The van der Waals surface area contributed by atoms with Crippen molar-refractivity contribution in [1.29, 1.82) is 0 Å². The second kappa shape index (κ2) is 4.13. The van der Waals surface area contributed by atoms with Crippen LogP contribution in [0.2, 0.25) is 5.02 Å². The van der Waals surface area contributed by atoms with Crippen molar-refractivity contribution in [2.24, 2.45) is 0 Å². The predicted molar refractivity (Wildman–Crippen MR) is 64.6 cm³/mol. The van der Waals surface area contributed by atoms with Crippen molar-refractivity contribution in [3.05, 3.63) is 45.8 Å². The maximum atomic E-state index is 5.91. The number of aromatic nitrogens is 2. The molecule has 0 fully saturated rings. The normalized spacial score (nSPS) is 10.3. The molecular formula is C11H9ClN2S. The molecular weight excluding hydrogens is 228 g/mol. The first-order chi connectivity index (χ1) is 7.15. The summed E-state index contributed by atoms with van der Waals surface area (Å²) in [7, 11) is 0. The van der Waals surface area contributed by atoms with Crippen LogP contribution in [0.4, 0.5) is 0 Å². The molecule has 1 aromatic heterocycles. The Bertz CT molecular complexity index is 548. The van der Waals surface area contributed by atoms with Gasteiger partial charge in [0.2, 0.25) is 0 Å². The zero-order valence-corrected chi connectivity index (χ0v) is 9.69. The molecule has 0 radical (unpaired) electrons. The van der Waals surface area contributed by atoms with Crippen molar-refractivity contribution >= 4 is 23.8 Å². The molecule has 2 aromatic rings. The molecule has 1 heterocycles. The van der Waals surface area contributed by atoms with Gasteiger partial charge in [-0.15, -0.1) is 0 Å². The Labute approximate surface area is 98.0 Å². The summed E-state index contributed by atoms with van der Waals surface area (Å²) < 4.78 is 0.491. The minimum atomic E-state index is 0.491. The second-order valence-corrected chi connectivity index (χ2v) is 4.09. The fraction of sp³-hybridized carbons (Fsp3) is 0.0909. The van der Waals surface area contributed by atoms with E-state index in [-0.39, 0.29) is 0 Å². The van der Waals surface area contributed by atoms with Gasteiger partial charge in [0.25, 0.3) is 0 Å². The molecule has 0 amide bonds. The summed E-state index contributed by atoms with van der Waals surface area (Å²) in [6.07, 6.45) is 0. The highest BCUT2D eigenvalue weighted by Gasteiger charge is 2.00. The van der Waals surface area contributed by atoms with E-state index in [1.807, 2.05) is 37.3 Å². The number of nitrogens with zero attached hydrogens (tertiary/aromatic N) is 1. The van der Waals surface area contributed by atoms with E-state index < -0.39 is 0 Å². The lowest BCUT2D eigenvalue weighted by Gasteiger charge is -2.02. The Morgan fingerprint density at radius 3 is 2.80 bits per heavy atom. The van der Waals surface area contributed by atoms with E-state index >= 15 is 0 Å². The third kappa shape index (κ3) is 2.43. The van der Waals surface area contributed by atoms with Crippen LogP contribution in [0.5, 0.6) is 0 Å². The first kappa shape index (κ1) is 10.3. The van der Waals surface area contributed by atoms with Gasteiger partial charge in [-0.25, -0.2) is 4.98 Å². The summed E-state index contributed by atoms with van der Waals surface area (Å²) >= 11 is 10.9. The molecule has 1 N–H and O–H groups in total. The van der Waals surface area contributed by atoms with Gasteiger partial charge >= 0.3 is 0 Å². The van der Waals surface area contributed by atoms with Crippen LogP contribution in [-0.4, -0.2) is 9.97 Å². The first-order valence-corrected chi connectivity index (χ1v) is 5.28. The number of hydrogen-bond acceptors (Lipinski definition) is 2. The summed E-state index contributed by atoms with van der Waals surface area (Å²) in [5.74, 6) is 0. The smallest absolute Gasteiger partial charge is 0.197 e. The molecule has 0 saturated heterocycles. The van der Waals surface area contributed by atoms with Crippen molar-refractivity contribution in [2.45, 2.75) is 6.92 Å². The fourth-order valence-electron chi connectivity index (χ4n) is 1.38. The molecule has 2 nitrogen and oxygen atoms in total. The SMILES string of the molecule is Cc1cc(-c2cccc(Cl)c2)nc(=S)[nH]1. The van der Waals surface area contributed by atoms with E-state index in [0.717, 1.165) is 17.0 Å². The lowest BCUT2D eigenvalue weighted by Crippen LogP contribution is -1.90. The number of aryl methyl sites for hydroxylation is 1. The molecule has 0 atom stereocenters. The number of benzene rings is 1. The highest BCUT2D eigenvalue weighted by molar-refractivity contribution is 7.71. The quantitative estimate of drug-likeness (QED) is 0.764. The van der Waals surface area contributed by atoms with Crippen molar-refractivity contribution in [3.8, 4) is 11.3 Å². The zero-order valence-electron chi connectivity index (χ0n) is 8.12. The Kier molecular flexibility index (Phi) is 2.84. The summed E-state index contributed by atoms with van der Waals surface area (Å²) in [5.41, 5.74) is 2.81. The van der Waals surface area contributed by atoms with Crippen LogP contribution in [-0.2, 0) is 0 Å². The van der Waals surface area contributed by atoms with Gasteiger partial charge in [0.1, 0.15) is 0 Å². The fourth-order valence-corrected chi connectivity index (χ4v) is 1.82.